The summed E-state index contributed by atoms with van der Waals surface area (Å²) in [7, 11) is 0. The number of halogens is 3. The standard InChI is InChI=1S/C25H16F3N7O3/c1-12-18(20-19(32-11-17(33-20)22(30)36)14-7-5-13(10-29)6-8-14)34-21(23(31)37)24(38)35(12)16-4-2-3-15(9-16)25(26,27)28/h2-9,11H,1H3,(H2,30,36)(H2,31,37). The number of amides is 2. The summed E-state index contributed by atoms with van der Waals surface area (Å²) in [6.45, 7) is 1.37. The van der Waals surface area contributed by atoms with Crippen LogP contribution in [0.25, 0.3) is 28.3 Å². The lowest BCUT2D eigenvalue weighted by atomic mass is 10.0. The maximum absolute atomic E-state index is 13.4. The molecule has 0 spiro atoms. The molecule has 0 aliphatic carbocycles. The van der Waals surface area contributed by atoms with Gasteiger partial charge in [0.1, 0.15) is 17.1 Å². The second-order valence-electron chi connectivity index (χ2n) is 7.95. The zero-order chi connectivity index (χ0) is 27.8. The number of nitrogens with zero attached hydrogens (tertiary/aromatic N) is 5. The van der Waals surface area contributed by atoms with Crippen molar-refractivity contribution < 1.29 is 22.8 Å². The fourth-order valence-corrected chi connectivity index (χ4v) is 3.71. The summed E-state index contributed by atoms with van der Waals surface area (Å²) in [5.41, 5.74) is 7.99. The summed E-state index contributed by atoms with van der Waals surface area (Å²) in [6.07, 6.45) is -3.60. The van der Waals surface area contributed by atoms with Crippen LogP contribution in [0.5, 0.6) is 0 Å². The van der Waals surface area contributed by atoms with Gasteiger partial charge in [0.25, 0.3) is 17.4 Å². The smallest absolute Gasteiger partial charge is 0.364 e. The molecule has 0 atom stereocenters. The van der Waals surface area contributed by atoms with Gasteiger partial charge in [-0.1, -0.05) is 18.2 Å². The lowest BCUT2D eigenvalue weighted by Gasteiger charge is -2.17. The number of primary amides is 2. The van der Waals surface area contributed by atoms with Crippen LogP contribution in [0.2, 0.25) is 0 Å². The van der Waals surface area contributed by atoms with Gasteiger partial charge < -0.3 is 11.5 Å². The highest BCUT2D eigenvalue weighted by atomic mass is 19.4. The van der Waals surface area contributed by atoms with Crippen molar-refractivity contribution in [2.75, 3.05) is 0 Å². The Morgan fingerprint density at radius 3 is 2.24 bits per heavy atom. The van der Waals surface area contributed by atoms with E-state index >= 15 is 0 Å². The molecule has 10 nitrogen and oxygen atoms in total. The number of nitrogens with two attached hydrogens (primary N) is 2. The van der Waals surface area contributed by atoms with Crippen molar-refractivity contribution in [3.05, 3.63) is 93.3 Å². The monoisotopic (exact) mass is 519 g/mol. The second-order valence-corrected chi connectivity index (χ2v) is 7.95. The van der Waals surface area contributed by atoms with Crippen LogP contribution in [0.3, 0.4) is 0 Å². The van der Waals surface area contributed by atoms with Crippen LogP contribution in [0.15, 0.2) is 59.5 Å². The van der Waals surface area contributed by atoms with Crippen LogP contribution in [0.4, 0.5) is 13.2 Å². The lowest BCUT2D eigenvalue weighted by molar-refractivity contribution is -0.137. The molecule has 2 aromatic carbocycles. The Kier molecular flexibility index (Phi) is 6.48. The molecule has 13 heteroatoms. The molecule has 4 rings (SSSR count). The summed E-state index contributed by atoms with van der Waals surface area (Å²) in [6, 6.07) is 12.0. The number of carbonyl (C=O) groups excluding carboxylic acids is 2. The third kappa shape index (κ3) is 4.70. The Balaban J connectivity index is 2.09. The Labute approximate surface area is 212 Å². The normalized spacial score (nSPS) is 11.1. The van der Waals surface area contributed by atoms with Crippen molar-refractivity contribution >= 4 is 11.8 Å². The number of nitriles is 1. The predicted octanol–water partition coefficient (Wildman–Crippen LogP) is 2.75. The predicted molar refractivity (Wildman–Crippen MR) is 128 cm³/mol. The summed E-state index contributed by atoms with van der Waals surface area (Å²) < 4.78 is 41.0. The minimum absolute atomic E-state index is 0.0230. The average Bonchev–Trinajstić information content (AvgIpc) is 2.88. The molecule has 2 amide bonds. The van der Waals surface area contributed by atoms with Crippen molar-refractivity contribution in [1.29, 1.82) is 5.26 Å². The number of carbonyl (C=O) groups is 2. The molecular formula is C25H16F3N7O3. The topological polar surface area (TPSA) is 171 Å². The van der Waals surface area contributed by atoms with Gasteiger partial charge >= 0.3 is 6.18 Å². The molecule has 2 heterocycles. The molecule has 0 unspecified atom stereocenters. The Hall–Kier alpha value is -5.38. The molecule has 38 heavy (non-hydrogen) atoms. The molecule has 0 aliphatic heterocycles. The third-order valence-electron chi connectivity index (χ3n) is 5.51. The minimum Gasteiger partial charge on any atom is -0.364 e. The first kappa shape index (κ1) is 25.7. The SMILES string of the molecule is Cc1c(-c2nc(C(N)=O)cnc2-c2ccc(C#N)cc2)nc(C(N)=O)c(=O)n1-c1cccc(C(F)(F)F)c1. The minimum atomic E-state index is -4.71. The molecule has 4 aromatic rings. The van der Waals surface area contributed by atoms with Crippen molar-refractivity contribution in [3.8, 4) is 34.4 Å². The van der Waals surface area contributed by atoms with E-state index in [-0.39, 0.29) is 34.2 Å². The number of aromatic nitrogens is 4. The van der Waals surface area contributed by atoms with E-state index in [0.717, 1.165) is 29.0 Å². The summed E-state index contributed by atoms with van der Waals surface area (Å²) in [5.74, 6) is -2.18. The highest BCUT2D eigenvalue weighted by molar-refractivity contribution is 5.93. The molecule has 0 fully saturated rings. The van der Waals surface area contributed by atoms with Gasteiger partial charge in [-0.05, 0) is 37.3 Å². The van der Waals surface area contributed by atoms with Gasteiger partial charge in [-0.25, -0.2) is 9.97 Å². The number of benzene rings is 2. The van der Waals surface area contributed by atoms with Crippen molar-refractivity contribution in [3.63, 3.8) is 0 Å². The van der Waals surface area contributed by atoms with Gasteiger partial charge in [0.15, 0.2) is 5.69 Å². The van der Waals surface area contributed by atoms with E-state index in [1.165, 1.54) is 25.1 Å². The molecule has 190 valence electrons. The molecule has 2 aromatic heterocycles. The second kappa shape index (κ2) is 9.58. The van der Waals surface area contributed by atoms with Gasteiger partial charge in [-0.15, -0.1) is 0 Å². The lowest BCUT2D eigenvalue weighted by Crippen LogP contribution is -2.32. The third-order valence-corrected chi connectivity index (χ3v) is 5.51. The van der Waals surface area contributed by atoms with Gasteiger partial charge in [0.05, 0.1) is 34.8 Å². The Bertz CT molecular complexity index is 1710. The van der Waals surface area contributed by atoms with Crippen LogP contribution >= 0.6 is 0 Å². The zero-order valence-electron chi connectivity index (χ0n) is 19.4. The Morgan fingerprint density at radius 2 is 1.66 bits per heavy atom. The quantitative estimate of drug-likeness (QED) is 0.408. The van der Waals surface area contributed by atoms with E-state index in [1.54, 1.807) is 12.1 Å². The summed E-state index contributed by atoms with van der Waals surface area (Å²) in [4.78, 5) is 49.7. The molecule has 0 radical (unpaired) electrons. The number of alkyl halides is 3. The van der Waals surface area contributed by atoms with E-state index in [9.17, 15) is 27.6 Å². The molecule has 0 bridgehead atoms. The molecule has 0 saturated heterocycles. The van der Waals surface area contributed by atoms with Gasteiger partial charge in [-0.3, -0.25) is 23.9 Å². The zero-order valence-corrected chi connectivity index (χ0v) is 19.4. The maximum Gasteiger partial charge on any atom is 0.416 e. The van der Waals surface area contributed by atoms with Crippen molar-refractivity contribution in [2.45, 2.75) is 13.1 Å². The highest BCUT2D eigenvalue weighted by Gasteiger charge is 2.31. The van der Waals surface area contributed by atoms with Gasteiger partial charge in [0.2, 0.25) is 0 Å². The summed E-state index contributed by atoms with van der Waals surface area (Å²) in [5, 5.41) is 9.10. The molecule has 0 aliphatic rings. The van der Waals surface area contributed by atoms with Crippen LogP contribution in [0, 0.1) is 18.3 Å². The number of hydrogen-bond acceptors (Lipinski definition) is 7. The van der Waals surface area contributed by atoms with E-state index < -0.39 is 34.8 Å². The summed E-state index contributed by atoms with van der Waals surface area (Å²) >= 11 is 0. The molecule has 4 N–H and O–H groups in total. The fourth-order valence-electron chi connectivity index (χ4n) is 3.71. The van der Waals surface area contributed by atoms with Gasteiger partial charge in [0, 0.05) is 11.3 Å². The fraction of sp³-hybridized carbons (Fsp3) is 0.0800. The van der Waals surface area contributed by atoms with E-state index in [1.807, 2.05) is 6.07 Å². The van der Waals surface area contributed by atoms with Crippen LogP contribution in [-0.2, 0) is 6.18 Å². The number of rotatable bonds is 5. The number of hydrogen-bond donors (Lipinski definition) is 2. The van der Waals surface area contributed by atoms with Crippen LogP contribution < -0.4 is 17.0 Å². The van der Waals surface area contributed by atoms with Crippen molar-refractivity contribution in [2.24, 2.45) is 11.5 Å². The largest absolute Gasteiger partial charge is 0.416 e. The van der Waals surface area contributed by atoms with Crippen molar-refractivity contribution in [1.82, 2.24) is 19.5 Å². The van der Waals surface area contributed by atoms with Crippen LogP contribution in [0.1, 0.15) is 37.8 Å². The average molecular weight is 519 g/mol. The Morgan fingerprint density at radius 1 is 0.974 bits per heavy atom. The highest BCUT2D eigenvalue weighted by Crippen LogP contribution is 2.33. The van der Waals surface area contributed by atoms with Gasteiger partial charge in [-0.2, -0.15) is 18.4 Å². The van der Waals surface area contributed by atoms with E-state index in [4.69, 9.17) is 16.7 Å². The molecule has 0 saturated carbocycles. The maximum atomic E-state index is 13.4. The first-order valence-corrected chi connectivity index (χ1v) is 10.7. The first-order valence-electron chi connectivity index (χ1n) is 10.7. The van der Waals surface area contributed by atoms with E-state index in [0.29, 0.717) is 11.1 Å². The first-order chi connectivity index (χ1) is 17.9. The molecular weight excluding hydrogens is 503 g/mol. The van der Waals surface area contributed by atoms with Crippen LogP contribution in [-0.4, -0.2) is 31.3 Å². The van der Waals surface area contributed by atoms with E-state index in [2.05, 4.69) is 15.0 Å².